The summed E-state index contributed by atoms with van der Waals surface area (Å²) in [5, 5.41) is 14.3. The summed E-state index contributed by atoms with van der Waals surface area (Å²) in [4.78, 5) is 28.6. The third-order valence-corrected chi connectivity index (χ3v) is 5.67. The fourth-order valence-electron chi connectivity index (χ4n) is 3.62. The Balaban J connectivity index is 1.47. The van der Waals surface area contributed by atoms with Crippen LogP contribution in [0.1, 0.15) is 28.9 Å². The maximum absolute atomic E-state index is 12.4. The van der Waals surface area contributed by atoms with Gasteiger partial charge in [-0.2, -0.15) is 5.10 Å². The number of halogens is 1. The molecule has 152 valence electrons. The van der Waals surface area contributed by atoms with Crippen LogP contribution in [-0.4, -0.2) is 33.2 Å². The zero-order chi connectivity index (χ0) is 20.8. The maximum atomic E-state index is 12.4. The first-order valence-electron chi connectivity index (χ1n) is 9.74. The Morgan fingerprint density at radius 3 is 2.83 bits per heavy atom. The maximum Gasteiger partial charge on any atom is 0.360 e. The summed E-state index contributed by atoms with van der Waals surface area (Å²) in [5.41, 5.74) is 2.07. The predicted molar refractivity (Wildman–Crippen MR) is 113 cm³/mol. The molecule has 0 saturated heterocycles. The standard InChI is InChI=1S/C22H18ClN3O4/c23-16-8-13-7-14(24-17(13)9-19(16)30-11-12-5-6-12)10-26-18-4-2-1-3-15(18)21(27)20(25-26)22(28)29/h1-4,8-9,12H,5-7,10-11H2,(H,28,29). The van der Waals surface area contributed by atoms with E-state index in [-0.39, 0.29) is 6.54 Å². The number of hydrogen-bond donors (Lipinski definition) is 1. The van der Waals surface area contributed by atoms with Crippen molar-refractivity contribution in [3.8, 4) is 5.75 Å². The van der Waals surface area contributed by atoms with Crippen molar-refractivity contribution < 1.29 is 14.6 Å². The van der Waals surface area contributed by atoms with Gasteiger partial charge in [-0.1, -0.05) is 23.7 Å². The smallest absolute Gasteiger partial charge is 0.360 e. The molecule has 1 N–H and O–H groups in total. The van der Waals surface area contributed by atoms with E-state index >= 15 is 0 Å². The number of fused-ring (bicyclic) bond motifs is 2. The van der Waals surface area contributed by atoms with E-state index in [9.17, 15) is 14.7 Å². The Morgan fingerprint density at radius 2 is 2.07 bits per heavy atom. The highest BCUT2D eigenvalue weighted by molar-refractivity contribution is 6.32. The number of aromatic carboxylic acids is 1. The molecular formula is C22H18ClN3O4. The summed E-state index contributed by atoms with van der Waals surface area (Å²) in [6.07, 6.45) is 2.97. The van der Waals surface area contributed by atoms with Gasteiger partial charge in [0.25, 0.3) is 0 Å². The van der Waals surface area contributed by atoms with Crippen molar-refractivity contribution in [2.75, 3.05) is 6.61 Å². The molecule has 0 bridgehead atoms. The molecule has 1 saturated carbocycles. The molecule has 0 spiro atoms. The minimum atomic E-state index is -1.35. The van der Waals surface area contributed by atoms with Gasteiger partial charge < -0.3 is 9.84 Å². The Labute approximate surface area is 176 Å². The number of aromatic nitrogens is 2. The van der Waals surface area contributed by atoms with E-state index in [0.29, 0.717) is 40.6 Å². The lowest BCUT2D eigenvalue weighted by Gasteiger charge is -2.10. The zero-order valence-electron chi connectivity index (χ0n) is 16.0. The summed E-state index contributed by atoms with van der Waals surface area (Å²) in [6.45, 7) is 0.936. The van der Waals surface area contributed by atoms with Gasteiger partial charge in [0.15, 0.2) is 0 Å². The Hall–Kier alpha value is -3.19. The predicted octanol–water partition coefficient (Wildman–Crippen LogP) is 3.87. The van der Waals surface area contributed by atoms with Gasteiger partial charge in [0.2, 0.25) is 11.1 Å². The summed E-state index contributed by atoms with van der Waals surface area (Å²) >= 11 is 6.38. The molecule has 1 aliphatic carbocycles. The van der Waals surface area contributed by atoms with Gasteiger partial charge in [-0.05, 0) is 42.5 Å². The first kappa shape index (κ1) is 18.8. The first-order valence-corrected chi connectivity index (χ1v) is 10.1. The second-order valence-electron chi connectivity index (χ2n) is 7.68. The quantitative estimate of drug-likeness (QED) is 0.649. The van der Waals surface area contributed by atoms with Crippen molar-refractivity contribution in [2.45, 2.75) is 25.8 Å². The van der Waals surface area contributed by atoms with Crippen molar-refractivity contribution in [2.24, 2.45) is 10.9 Å². The largest absolute Gasteiger partial charge is 0.492 e. The number of nitrogens with zero attached hydrogens (tertiary/aromatic N) is 3. The topological polar surface area (TPSA) is 93.8 Å². The van der Waals surface area contributed by atoms with E-state index < -0.39 is 17.1 Å². The number of carboxylic acid groups (broad SMARTS) is 1. The van der Waals surface area contributed by atoms with Crippen LogP contribution in [0.25, 0.3) is 10.9 Å². The lowest BCUT2D eigenvalue weighted by Crippen LogP contribution is -2.25. The van der Waals surface area contributed by atoms with Gasteiger partial charge in [0.1, 0.15) is 5.75 Å². The first-order chi connectivity index (χ1) is 14.5. The molecule has 1 aromatic heterocycles. The van der Waals surface area contributed by atoms with Gasteiger partial charge in [0.05, 0.1) is 29.4 Å². The van der Waals surface area contributed by atoms with E-state index in [2.05, 4.69) is 10.1 Å². The van der Waals surface area contributed by atoms with Gasteiger partial charge in [-0.3, -0.25) is 14.5 Å². The molecular weight excluding hydrogens is 406 g/mol. The molecule has 2 heterocycles. The molecule has 3 aromatic rings. The van der Waals surface area contributed by atoms with E-state index in [1.807, 2.05) is 12.1 Å². The van der Waals surface area contributed by atoms with Crippen LogP contribution in [0.4, 0.5) is 5.69 Å². The van der Waals surface area contributed by atoms with Crippen LogP contribution in [0.3, 0.4) is 0 Å². The van der Waals surface area contributed by atoms with Crippen LogP contribution in [0, 0.1) is 5.92 Å². The van der Waals surface area contributed by atoms with Crippen LogP contribution < -0.4 is 10.2 Å². The molecule has 2 aliphatic rings. The van der Waals surface area contributed by atoms with Gasteiger partial charge >= 0.3 is 5.97 Å². The normalized spacial score (nSPS) is 15.2. The molecule has 0 amide bonds. The fraction of sp³-hybridized carbons (Fsp3) is 0.273. The van der Waals surface area contributed by atoms with Crippen molar-refractivity contribution in [3.63, 3.8) is 0 Å². The zero-order valence-corrected chi connectivity index (χ0v) is 16.7. The monoisotopic (exact) mass is 423 g/mol. The molecule has 0 radical (unpaired) electrons. The third-order valence-electron chi connectivity index (χ3n) is 5.38. The highest BCUT2D eigenvalue weighted by Gasteiger charge is 2.24. The molecule has 30 heavy (non-hydrogen) atoms. The van der Waals surface area contributed by atoms with Crippen LogP contribution in [-0.2, 0) is 13.0 Å². The fourth-order valence-corrected chi connectivity index (χ4v) is 3.87. The number of hydrogen-bond acceptors (Lipinski definition) is 5. The Bertz CT molecular complexity index is 1280. The van der Waals surface area contributed by atoms with Crippen molar-refractivity contribution >= 4 is 39.9 Å². The van der Waals surface area contributed by atoms with E-state index in [1.54, 1.807) is 24.3 Å². The number of aliphatic imine (C=N–C) groups is 1. The number of benzene rings is 2. The number of carboxylic acids is 1. The molecule has 0 atom stereocenters. The summed E-state index contributed by atoms with van der Waals surface area (Å²) in [5.74, 6) is -0.0932. The van der Waals surface area contributed by atoms with Crippen LogP contribution in [0.5, 0.6) is 5.75 Å². The molecule has 7 nitrogen and oxygen atoms in total. The van der Waals surface area contributed by atoms with Gasteiger partial charge in [-0.15, -0.1) is 0 Å². The van der Waals surface area contributed by atoms with Gasteiger partial charge in [0, 0.05) is 23.6 Å². The molecule has 8 heteroatoms. The summed E-state index contributed by atoms with van der Waals surface area (Å²) < 4.78 is 7.36. The van der Waals surface area contributed by atoms with Crippen molar-refractivity contribution in [3.05, 3.63) is 62.9 Å². The van der Waals surface area contributed by atoms with E-state index in [1.165, 1.54) is 17.5 Å². The minimum Gasteiger partial charge on any atom is -0.492 e. The average molecular weight is 424 g/mol. The highest BCUT2D eigenvalue weighted by Crippen LogP contribution is 2.38. The summed E-state index contributed by atoms with van der Waals surface area (Å²) in [7, 11) is 0. The molecule has 1 fully saturated rings. The van der Waals surface area contributed by atoms with E-state index in [0.717, 1.165) is 17.0 Å². The van der Waals surface area contributed by atoms with Crippen molar-refractivity contribution in [1.29, 1.82) is 0 Å². The lowest BCUT2D eigenvalue weighted by atomic mass is 10.1. The third kappa shape index (κ3) is 3.45. The van der Waals surface area contributed by atoms with Crippen LogP contribution in [0.2, 0.25) is 5.02 Å². The number of rotatable bonds is 6. The number of ether oxygens (including phenoxy) is 1. The summed E-state index contributed by atoms with van der Waals surface area (Å²) in [6, 6.07) is 10.6. The number of carbonyl (C=O) groups is 1. The molecule has 1 aliphatic heterocycles. The second kappa shape index (κ2) is 7.25. The average Bonchev–Trinajstić information content (AvgIpc) is 3.48. The second-order valence-corrected chi connectivity index (χ2v) is 8.09. The van der Waals surface area contributed by atoms with Crippen molar-refractivity contribution in [1.82, 2.24) is 9.78 Å². The number of para-hydroxylation sites is 1. The highest BCUT2D eigenvalue weighted by atomic mass is 35.5. The molecule has 2 aromatic carbocycles. The van der Waals surface area contributed by atoms with Gasteiger partial charge in [-0.25, -0.2) is 4.79 Å². The Kier molecular flexibility index (Phi) is 4.55. The lowest BCUT2D eigenvalue weighted by molar-refractivity contribution is 0.0686. The van der Waals surface area contributed by atoms with Crippen LogP contribution in [0.15, 0.2) is 46.2 Å². The Morgan fingerprint density at radius 1 is 1.27 bits per heavy atom. The van der Waals surface area contributed by atoms with Crippen LogP contribution >= 0.6 is 11.6 Å². The van der Waals surface area contributed by atoms with E-state index in [4.69, 9.17) is 16.3 Å². The SMILES string of the molecule is O=C(O)c1nn(CC2=Nc3cc(OCC4CC4)c(Cl)cc3C2)c2ccccc2c1=O. The molecule has 5 rings (SSSR count). The molecule has 0 unspecified atom stereocenters. The minimum absolute atomic E-state index is 0.269.